The summed E-state index contributed by atoms with van der Waals surface area (Å²) in [7, 11) is 1.68. The Bertz CT molecular complexity index is 955. The Kier molecular flexibility index (Phi) is 4.50. The van der Waals surface area contributed by atoms with E-state index in [0.29, 0.717) is 0 Å². The minimum atomic E-state index is -0.369. The SMILES string of the molecule is COc1ccc2c(c1)[C@@H](c1ccccc1)C[C@@H](c1ccc([N+](=O)[O-])cc1)N2. The molecule has 0 spiro atoms. The zero-order valence-electron chi connectivity index (χ0n) is 15.0. The Hall–Kier alpha value is -3.34. The minimum absolute atomic E-state index is 0.0805. The summed E-state index contributed by atoms with van der Waals surface area (Å²) in [5, 5.41) is 14.5. The van der Waals surface area contributed by atoms with Crippen LogP contribution in [0.1, 0.15) is 35.1 Å². The molecule has 0 fully saturated rings. The third kappa shape index (κ3) is 3.36. The van der Waals surface area contributed by atoms with Crippen LogP contribution in [0.2, 0.25) is 0 Å². The molecule has 0 aliphatic carbocycles. The highest BCUT2D eigenvalue weighted by atomic mass is 16.6. The van der Waals surface area contributed by atoms with Crippen LogP contribution in [0.5, 0.6) is 5.75 Å². The number of non-ortho nitro benzene ring substituents is 1. The summed E-state index contributed by atoms with van der Waals surface area (Å²) in [5.74, 6) is 1.06. The number of fused-ring (bicyclic) bond motifs is 1. The molecule has 1 aliphatic heterocycles. The van der Waals surface area contributed by atoms with Crippen LogP contribution in [0.15, 0.2) is 72.8 Å². The Morgan fingerprint density at radius 1 is 1.00 bits per heavy atom. The van der Waals surface area contributed by atoms with Gasteiger partial charge >= 0.3 is 0 Å². The van der Waals surface area contributed by atoms with E-state index in [1.807, 2.05) is 30.3 Å². The number of nitro benzene ring substituents is 1. The summed E-state index contributed by atoms with van der Waals surface area (Å²) in [6.07, 6.45) is 0.863. The van der Waals surface area contributed by atoms with Gasteiger partial charge in [-0.1, -0.05) is 42.5 Å². The molecule has 5 heteroatoms. The second-order valence-corrected chi connectivity index (χ2v) is 6.70. The van der Waals surface area contributed by atoms with Crippen molar-refractivity contribution in [3.05, 3.63) is 99.6 Å². The Balaban J connectivity index is 1.73. The molecule has 3 aromatic rings. The molecule has 5 nitrogen and oxygen atoms in total. The zero-order chi connectivity index (χ0) is 18.8. The summed E-state index contributed by atoms with van der Waals surface area (Å²) in [4.78, 5) is 10.6. The molecular weight excluding hydrogens is 340 g/mol. The van der Waals surface area contributed by atoms with E-state index in [1.165, 1.54) is 11.1 Å². The van der Waals surface area contributed by atoms with E-state index in [4.69, 9.17) is 4.74 Å². The number of anilines is 1. The molecule has 136 valence electrons. The van der Waals surface area contributed by atoms with Gasteiger partial charge in [0.2, 0.25) is 0 Å². The van der Waals surface area contributed by atoms with Crippen LogP contribution in [0, 0.1) is 10.1 Å². The van der Waals surface area contributed by atoms with Crippen molar-refractivity contribution < 1.29 is 9.66 Å². The van der Waals surface area contributed by atoms with Gasteiger partial charge in [0, 0.05) is 23.7 Å². The molecule has 0 bridgehead atoms. The molecule has 0 saturated carbocycles. The van der Waals surface area contributed by atoms with Crippen molar-refractivity contribution in [2.45, 2.75) is 18.4 Å². The number of nitrogens with zero attached hydrogens (tertiary/aromatic N) is 1. The molecule has 27 heavy (non-hydrogen) atoms. The summed E-state index contributed by atoms with van der Waals surface area (Å²) in [5.41, 5.74) is 4.68. The normalized spacial score (nSPS) is 18.3. The maximum Gasteiger partial charge on any atom is 0.269 e. The standard InChI is InChI=1S/C22H20N2O3/c1-27-18-11-12-21-20(13-18)19(15-5-3-2-4-6-15)14-22(23-21)16-7-9-17(10-8-16)24(25)26/h2-13,19,22-23H,14H2,1H3/t19-,22+/m1/s1. The van der Waals surface area contributed by atoms with Crippen LogP contribution in [0.4, 0.5) is 11.4 Å². The van der Waals surface area contributed by atoms with Crippen LogP contribution in [-0.4, -0.2) is 12.0 Å². The molecule has 1 N–H and O–H groups in total. The van der Waals surface area contributed by atoms with Gasteiger partial charge in [-0.15, -0.1) is 0 Å². The number of ether oxygens (including phenoxy) is 1. The summed E-state index contributed by atoms with van der Waals surface area (Å²) in [6, 6.07) is 23.4. The maximum atomic E-state index is 10.9. The second-order valence-electron chi connectivity index (χ2n) is 6.70. The minimum Gasteiger partial charge on any atom is -0.497 e. The highest BCUT2D eigenvalue weighted by Crippen LogP contribution is 2.44. The molecular formula is C22H20N2O3. The number of hydrogen-bond acceptors (Lipinski definition) is 4. The van der Waals surface area contributed by atoms with Crippen LogP contribution in [-0.2, 0) is 0 Å². The summed E-state index contributed by atoms with van der Waals surface area (Å²) in [6.45, 7) is 0. The fraction of sp³-hybridized carbons (Fsp3) is 0.182. The van der Waals surface area contributed by atoms with Gasteiger partial charge in [0.25, 0.3) is 5.69 Å². The first kappa shape index (κ1) is 17.1. The third-order valence-electron chi connectivity index (χ3n) is 5.14. The lowest BCUT2D eigenvalue weighted by Crippen LogP contribution is -2.22. The molecule has 4 rings (SSSR count). The van der Waals surface area contributed by atoms with E-state index in [9.17, 15) is 10.1 Å². The van der Waals surface area contributed by atoms with Crippen molar-refractivity contribution in [2.75, 3.05) is 12.4 Å². The van der Waals surface area contributed by atoms with E-state index >= 15 is 0 Å². The van der Waals surface area contributed by atoms with Gasteiger partial charge in [-0.3, -0.25) is 10.1 Å². The average Bonchev–Trinajstić information content (AvgIpc) is 2.73. The van der Waals surface area contributed by atoms with E-state index in [2.05, 4.69) is 35.6 Å². The lowest BCUT2D eigenvalue weighted by atomic mass is 9.80. The van der Waals surface area contributed by atoms with Crippen LogP contribution in [0.25, 0.3) is 0 Å². The topological polar surface area (TPSA) is 64.4 Å². The number of methoxy groups -OCH3 is 1. The van der Waals surface area contributed by atoms with Gasteiger partial charge in [-0.25, -0.2) is 0 Å². The number of nitrogens with one attached hydrogen (secondary N) is 1. The van der Waals surface area contributed by atoms with Crippen LogP contribution < -0.4 is 10.1 Å². The zero-order valence-corrected chi connectivity index (χ0v) is 15.0. The highest BCUT2D eigenvalue weighted by Gasteiger charge is 2.29. The lowest BCUT2D eigenvalue weighted by Gasteiger charge is -2.34. The van der Waals surface area contributed by atoms with E-state index in [0.717, 1.165) is 23.4 Å². The van der Waals surface area contributed by atoms with Crippen molar-refractivity contribution in [1.82, 2.24) is 0 Å². The summed E-state index contributed by atoms with van der Waals surface area (Å²) < 4.78 is 5.42. The molecule has 1 heterocycles. The molecule has 2 atom stereocenters. The molecule has 0 amide bonds. The molecule has 0 radical (unpaired) electrons. The fourth-order valence-corrected chi connectivity index (χ4v) is 3.75. The van der Waals surface area contributed by atoms with E-state index in [1.54, 1.807) is 19.2 Å². The van der Waals surface area contributed by atoms with Gasteiger partial charge in [0.15, 0.2) is 0 Å². The Morgan fingerprint density at radius 3 is 2.41 bits per heavy atom. The van der Waals surface area contributed by atoms with Crippen molar-refractivity contribution in [1.29, 1.82) is 0 Å². The summed E-state index contributed by atoms with van der Waals surface area (Å²) >= 11 is 0. The number of nitro groups is 1. The van der Waals surface area contributed by atoms with Crippen molar-refractivity contribution in [2.24, 2.45) is 0 Å². The number of benzene rings is 3. The van der Waals surface area contributed by atoms with Crippen molar-refractivity contribution in [3.8, 4) is 5.75 Å². The largest absolute Gasteiger partial charge is 0.497 e. The van der Waals surface area contributed by atoms with Gasteiger partial charge < -0.3 is 10.1 Å². The predicted octanol–water partition coefficient (Wildman–Crippen LogP) is 5.29. The first-order valence-electron chi connectivity index (χ1n) is 8.89. The quantitative estimate of drug-likeness (QED) is 0.507. The Morgan fingerprint density at radius 2 is 1.74 bits per heavy atom. The van der Waals surface area contributed by atoms with Crippen molar-refractivity contribution >= 4 is 11.4 Å². The molecule has 0 unspecified atom stereocenters. The van der Waals surface area contributed by atoms with Crippen LogP contribution in [0.3, 0.4) is 0 Å². The molecule has 0 aromatic heterocycles. The predicted molar refractivity (Wildman–Crippen MR) is 105 cm³/mol. The molecule has 0 saturated heterocycles. The van der Waals surface area contributed by atoms with E-state index < -0.39 is 0 Å². The first-order chi connectivity index (χ1) is 13.2. The molecule has 3 aromatic carbocycles. The monoisotopic (exact) mass is 360 g/mol. The van der Waals surface area contributed by atoms with Gasteiger partial charge in [0.1, 0.15) is 5.75 Å². The smallest absolute Gasteiger partial charge is 0.269 e. The van der Waals surface area contributed by atoms with Gasteiger partial charge in [-0.2, -0.15) is 0 Å². The van der Waals surface area contributed by atoms with Crippen LogP contribution >= 0.6 is 0 Å². The van der Waals surface area contributed by atoms with Gasteiger partial charge in [-0.05, 0) is 41.3 Å². The fourth-order valence-electron chi connectivity index (χ4n) is 3.75. The second kappa shape index (κ2) is 7.11. The highest BCUT2D eigenvalue weighted by molar-refractivity contribution is 5.61. The third-order valence-corrected chi connectivity index (χ3v) is 5.14. The van der Waals surface area contributed by atoms with Gasteiger partial charge in [0.05, 0.1) is 18.1 Å². The maximum absolute atomic E-state index is 10.9. The average molecular weight is 360 g/mol. The van der Waals surface area contributed by atoms with Crippen molar-refractivity contribution in [3.63, 3.8) is 0 Å². The number of rotatable bonds is 4. The lowest BCUT2D eigenvalue weighted by molar-refractivity contribution is -0.384. The first-order valence-corrected chi connectivity index (χ1v) is 8.89. The Labute approximate surface area is 157 Å². The molecule has 1 aliphatic rings. The van der Waals surface area contributed by atoms with E-state index in [-0.39, 0.29) is 22.6 Å². The number of hydrogen-bond donors (Lipinski definition) is 1.